The van der Waals surface area contributed by atoms with Crippen molar-refractivity contribution in [1.82, 2.24) is 9.61 Å². The molecule has 15 heavy (non-hydrogen) atoms. The van der Waals surface area contributed by atoms with Crippen molar-refractivity contribution in [2.75, 3.05) is 0 Å². The first-order valence-corrected chi connectivity index (χ1v) is 4.80. The molecule has 2 aromatic rings. The number of hydrogen-bond donors (Lipinski definition) is 2. The summed E-state index contributed by atoms with van der Waals surface area (Å²) < 4.78 is 1.79. The van der Waals surface area contributed by atoms with Crippen molar-refractivity contribution in [2.24, 2.45) is 5.73 Å². The van der Waals surface area contributed by atoms with Gasteiger partial charge in [-0.05, 0) is 31.5 Å². The maximum Gasteiger partial charge on any atom is 0.101 e. The van der Waals surface area contributed by atoms with Crippen LogP contribution in [0.3, 0.4) is 0 Å². The van der Waals surface area contributed by atoms with Gasteiger partial charge < -0.3 is 5.73 Å². The van der Waals surface area contributed by atoms with Crippen LogP contribution in [0.25, 0.3) is 5.52 Å². The first-order valence-electron chi connectivity index (χ1n) is 4.80. The van der Waals surface area contributed by atoms with Crippen molar-refractivity contribution in [3.05, 3.63) is 36.2 Å². The van der Waals surface area contributed by atoms with Crippen LogP contribution < -0.4 is 5.73 Å². The molecule has 0 aromatic carbocycles. The van der Waals surface area contributed by atoms with E-state index in [0.717, 1.165) is 11.1 Å². The zero-order valence-corrected chi connectivity index (χ0v) is 8.86. The molecule has 0 atom stereocenters. The van der Waals surface area contributed by atoms with Gasteiger partial charge in [-0.2, -0.15) is 5.10 Å². The van der Waals surface area contributed by atoms with Gasteiger partial charge in [0, 0.05) is 17.8 Å². The molecule has 4 heteroatoms. The lowest BCUT2D eigenvalue weighted by atomic mass is 9.84. The Kier molecular flexibility index (Phi) is 2.00. The summed E-state index contributed by atoms with van der Waals surface area (Å²) >= 11 is 0. The molecule has 2 aromatic heterocycles. The highest BCUT2D eigenvalue weighted by atomic mass is 15.2. The monoisotopic (exact) mass is 202 g/mol. The minimum atomic E-state index is -0.444. The predicted octanol–water partition coefficient (Wildman–Crippen LogP) is 1.55. The van der Waals surface area contributed by atoms with E-state index in [4.69, 9.17) is 11.1 Å². The van der Waals surface area contributed by atoms with Gasteiger partial charge in [0.1, 0.15) is 5.84 Å². The first-order chi connectivity index (χ1) is 7.01. The predicted molar refractivity (Wildman–Crippen MR) is 60.1 cm³/mol. The molecule has 0 fully saturated rings. The third-order valence-corrected chi connectivity index (χ3v) is 2.79. The van der Waals surface area contributed by atoms with Crippen LogP contribution in [0.4, 0.5) is 0 Å². The fraction of sp³-hybridized carbons (Fsp3) is 0.273. The Balaban J connectivity index is 2.57. The lowest BCUT2D eigenvalue weighted by Gasteiger charge is -2.23. The van der Waals surface area contributed by atoms with Crippen LogP contribution in [0.5, 0.6) is 0 Å². The molecule has 0 aliphatic rings. The van der Waals surface area contributed by atoms with E-state index in [2.05, 4.69) is 5.10 Å². The average molecular weight is 202 g/mol. The molecule has 0 aliphatic carbocycles. The second-order valence-corrected chi connectivity index (χ2v) is 4.16. The lowest BCUT2D eigenvalue weighted by Crippen LogP contribution is -2.35. The third-order valence-electron chi connectivity index (χ3n) is 2.79. The van der Waals surface area contributed by atoms with E-state index in [0.29, 0.717) is 0 Å². The lowest BCUT2D eigenvalue weighted by molar-refractivity contribution is 0.694. The summed E-state index contributed by atoms with van der Waals surface area (Å²) in [7, 11) is 0. The summed E-state index contributed by atoms with van der Waals surface area (Å²) in [6.07, 6.45) is 3.66. The highest BCUT2D eigenvalue weighted by molar-refractivity contribution is 5.88. The quantitative estimate of drug-likeness (QED) is 0.573. The van der Waals surface area contributed by atoms with Gasteiger partial charge in [0.25, 0.3) is 0 Å². The molecule has 0 amide bonds. The summed E-state index contributed by atoms with van der Waals surface area (Å²) in [6.45, 7) is 3.86. The fourth-order valence-electron chi connectivity index (χ4n) is 1.44. The average Bonchev–Trinajstić information content (AvgIpc) is 2.63. The van der Waals surface area contributed by atoms with Crippen LogP contribution in [-0.2, 0) is 5.41 Å². The van der Waals surface area contributed by atoms with Gasteiger partial charge in [-0.3, -0.25) is 5.41 Å². The molecule has 0 spiro atoms. The highest BCUT2D eigenvalue weighted by Crippen LogP contribution is 2.22. The molecule has 3 N–H and O–H groups in total. The summed E-state index contributed by atoms with van der Waals surface area (Å²) in [5.74, 6) is 0.161. The number of nitrogens with zero attached hydrogens (tertiary/aromatic N) is 2. The maximum atomic E-state index is 7.55. The van der Waals surface area contributed by atoms with Gasteiger partial charge >= 0.3 is 0 Å². The minimum Gasteiger partial charge on any atom is -0.387 e. The van der Waals surface area contributed by atoms with Crippen LogP contribution in [0, 0.1) is 5.41 Å². The molecule has 78 valence electrons. The van der Waals surface area contributed by atoms with Crippen molar-refractivity contribution in [3.8, 4) is 0 Å². The highest BCUT2D eigenvalue weighted by Gasteiger charge is 2.24. The number of aromatic nitrogens is 2. The Hall–Kier alpha value is -1.84. The van der Waals surface area contributed by atoms with Crippen molar-refractivity contribution in [1.29, 1.82) is 5.41 Å². The van der Waals surface area contributed by atoms with Gasteiger partial charge in [0.15, 0.2) is 0 Å². The number of amidine groups is 1. The summed E-state index contributed by atoms with van der Waals surface area (Å²) in [5.41, 5.74) is 7.16. The Morgan fingerprint density at radius 1 is 1.40 bits per heavy atom. The SMILES string of the molecule is CC(C)(C(=N)N)c1ccc2ccnn2c1. The van der Waals surface area contributed by atoms with Crippen molar-refractivity contribution < 1.29 is 0 Å². The molecule has 2 rings (SSSR count). The maximum absolute atomic E-state index is 7.55. The molecule has 2 heterocycles. The summed E-state index contributed by atoms with van der Waals surface area (Å²) in [5, 5.41) is 11.7. The van der Waals surface area contributed by atoms with Crippen LogP contribution >= 0.6 is 0 Å². The molecular formula is C11H14N4. The molecule has 0 saturated carbocycles. The zero-order valence-electron chi connectivity index (χ0n) is 8.86. The van der Waals surface area contributed by atoms with Gasteiger partial charge in [-0.25, -0.2) is 4.52 Å². The van der Waals surface area contributed by atoms with Crippen molar-refractivity contribution in [3.63, 3.8) is 0 Å². The van der Waals surface area contributed by atoms with E-state index in [1.165, 1.54) is 0 Å². The summed E-state index contributed by atoms with van der Waals surface area (Å²) in [4.78, 5) is 0. The zero-order chi connectivity index (χ0) is 11.1. The summed E-state index contributed by atoms with van der Waals surface area (Å²) in [6, 6.07) is 5.90. The van der Waals surface area contributed by atoms with Gasteiger partial charge in [0.2, 0.25) is 0 Å². The van der Waals surface area contributed by atoms with Gasteiger partial charge in [0.05, 0.1) is 5.52 Å². The minimum absolute atomic E-state index is 0.161. The topological polar surface area (TPSA) is 67.2 Å². The number of pyridine rings is 1. The van der Waals surface area contributed by atoms with E-state index >= 15 is 0 Å². The molecule has 0 bridgehead atoms. The standard InChI is InChI=1S/C11H14N4/c1-11(2,10(12)13)8-3-4-9-5-6-14-15(9)7-8/h3-7H,1-2H3,(H3,12,13). The Morgan fingerprint density at radius 2 is 2.13 bits per heavy atom. The Labute approximate surface area is 88.2 Å². The van der Waals surface area contributed by atoms with Crippen molar-refractivity contribution >= 4 is 11.4 Å². The van der Waals surface area contributed by atoms with Crippen LogP contribution in [-0.4, -0.2) is 15.4 Å². The van der Waals surface area contributed by atoms with Gasteiger partial charge in [-0.1, -0.05) is 6.07 Å². The second-order valence-electron chi connectivity index (χ2n) is 4.16. The smallest absolute Gasteiger partial charge is 0.101 e. The number of nitrogens with one attached hydrogen (secondary N) is 1. The molecule has 0 saturated heterocycles. The molecular weight excluding hydrogens is 188 g/mol. The number of fused-ring (bicyclic) bond motifs is 1. The third kappa shape index (κ3) is 1.48. The van der Waals surface area contributed by atoms with E-state index in [1.54, 1.807) is 10.7 Å². The molecule has 4 nitrogen and oxygen atoms in total. The number of rotatable bonds is 2. The second kappa shape index (κ2) is 3.08. The van der Waals surface area contributed by atoms with Crippen LogP contribution in [0.1, 0.15) is 19.4 Å². The number of hydrogen-bond acceptors (Lipinski definition) is 2. The van der Waals surface area contributed by atoms with E-state index in [9.17, 15) is 0 Å². The van der Waals surface area contributed by atoms with Crippen molar-refractivity contribution in [2.45, 2.75) is 19.3 Å². The Morgan fingerprint density at radius 3 is 2.80 bits per heavy atom. The van der Waals surface area contributed by atoms with Crippen LogP contribution in [0.15, 0.2) is 30.6 Å². The van der Waals surface area contributed by atoms with E-state index in [1.807, 2.05) is 38.2 Å². The van der Waals surface area contributed by atoms with E-state index in [-0.39, 0.29) is 5.84 Å². The fourth-order valence-corrected chi connectivity index (χ4v) is 1.44. The molecule has 0 unspecified atom stereocenters. The molecule has 0 radical (unpaired) electrons. The van der Waals surface area contributed by atoms with Crippen LogP contribution in [0.2, 0.25) is 0 Å². The van der Waals surface area contributed by atoms with E-state index < -0.39 is 5.41 Å². The largest absolute Gasteiger partial charge is 0.387 e. The number of nitrogens with two attached hydrogens (primary N) is 1. The van der Waals surface area contributed by atoms with Gasteiger partial charge in [-0.15, -0.1) is 0 Å². The first kappa shape index (κ1) is 9.71. The normalized spacial score (nSPS) is 11.9. The Bertz CT molecular complexity index is 510. The molecule has 0 aliphatic heterocycles.